The molecule has 0 fully saturated rings. The van der Waals surface area contributed by atoms with Crippen molar-refractivity contribution in [2.45, 2.75) is 32.7 Å². The predicted molar refractivity (Wildman–Crippen MR) is 116 cm³/mol. The highest BCUT2D eigenvalue weighted by Gasteiger charge is 2.04. The van der Waals surface area contributed by atoms with Gasteiger partial charge in [-0.1, -0.05) is 36.4 Å². The van der Waals surface area contributed by atoms with Crippen LogP contribution >= 0.6 is 0 Å². The summed E-state index contributed by atoms with van der Waals surface area (Å²) in [7, 11) is 0. The molecule has 0 saturated heterocycles. The first-order valence-electron chi connectivity index (χ1n) is 10.3. The van der Waals surface area contributed by atoms with E-state index in [1.807, 2.05) is 34.9 Å². The average molecular weight is 395 g/mol. The molecular formula is C22H30N6O. The molecule has 3 aromatic rings. The van der Waals surface area contributed by atoms with E-state index < -0.39 is 0 Å². The topological polar surface area (TPSA) is 75.8 Å². The minimum Gasteiger partial charge on any atom is -0.381 e. The smallest absolute Gasteiger partial charge is 0.191 e. The number of unbranched alkanes of at least 4 members (excludes halogenated alkanes) is 1. The summed E-state index contributed by atoms with van der Waals surface area (Å²) in [4.78, 5) is 4.63. The Balaban J connectivity index is 1.33. The summed E-state index contributed by atoms with van der Waals surface area (Å²) in [6.07, 6.45) is 4.98. The third-order valence-electron chi connectivity index (χ3n) is 4.49. The molecule has 0 aliphatic rings. The number of fused-ring (bicyclic) bond motifs is 1. The lowest BCUT2D eigenvalue weighted by molar-refractivity contribution is 0.133. The van der Waals surface area contributed by atoms with Crippen molar-refractivity contribution in [1.82, 2.24) is 25.2 Å². The largest absolute Gasteiger partial charge is 0.381 e. The summed E-state index contributed by atoms with van der Waals surface area (Å²) < 4.78 is 7.70. The van der Waals surface area contributed by atoms with Crippen LogP contribution in [0.5, 0.6) is 0 Å². The Kier molecular flexibility index (Phi) is 8.47. The normalized spacial score (nSPS) is 11.7. The fourth-order valence-corrected chi connectivity index (χ4v) is 2.96. The molecule has 0 amide bonds. The summed E-state index contributed by atoms with van der Waals surface area (Å²) in [5.41, 5.74) is 2.16. The minimum atomic E-state index is 0.475. The van der Waals surface area contributed by atoms with Crippen LogP contribution in [0.15, 0.2) is 59.7 Å². The zero-order valence-corrected chi connectivity index (χ0v) is 17.1. The number of nitrogens with one attached hydrogen (secondary N) is 2. The third-order valence-corrected chi connectivity index (χ3v) is 4.49. The van der Waals surface area contributed by atoms with Gasteiger partial charge in [0.25, 0.3) is 0 Å². The molecule has 154 valence electrons. The highest BCUT2D eigenvalue weighted by molar-refractivity contribution is 5.79. The Labute approximate surface area is 172 Å². The molecule has 0 unspecified atom stereocenters. The summed E-state index contributed by atoms with van der Waals surface area (Å²) in [5, 5.41) is 15.0. The SMILES string of the molecule is CCNC(=NCc1nnc2ccccn12)NCCCCOCCc1ccccc1. The number of nitrogens with zero attached hydrogens (tertiary/aromatic N) is 4. The molecule has 3 rings (SSSR count). The monoisotopic (exact) mass is 394 g/mol. The maximum atomic E-state index is 5.74. The molecule has 0 aliphatic carbocycles. The van der Waals surface area contributed by atoms with Gasteiger partial charge < -0.3 is 15.4 Å². The van der Waals surface area contributed by atoms with Gasteiger partial charge in [0.05, 0.1) is 6.61 Å². The molecule has 2 heterocycles. The van der Waals surface area contributed by atoms with Crippen molar-refractivity contribution in [3.8, 4) is 0 Å². The summed E-state index contributed by atoms with van der Waals surface area (Å²) in [6.45, 7) is 5.76. The second kappa shape index (κ2) is 11.8. The van der Waals surface area contributed by atoms with Gasteiger partial charge in [-0.25, -0.2) is 4.99 Å². The number of aliphatic imine (C=N–C) groups is 1. The van der Waals surface area contributed by atoms with Gasteiger partial charge in [0.1, 0.15) is 6.54 Å². The van der Waals surface area contributed by atoms with Crippen molar-refractivity contribution in [1.29, 1.82) is 0 Å². The fourth-order valence-electron chi connectivity index (χ4n) is 2.96. The molecule has 7 heteroatoms. The van der Waals surface area contributed by atoms with Crippen LogP contribution in [-0.4, -0.2) is 46.9 Å². The molecule has 0 spiro atoms. The highest BCUT2D eigenvalue weighted by atomic mass is 16.5. The molecule has 0 saturated carbocycles. The van der Waals surface area contributed by atoms with Crippen LogP contribution < -0.4 is 10.6 Å². The molecule has 1 aromatic carbocycles. The maximum absolute atomic E-state index is 5.74. The van der Waals surface area contributed by atoms with Gasteiger partial charge in [0, 0.05) is 25.9 Å². The summed E-state index contributed by atoms with van der Waals surface area (Å²) >= 11 is 0. The van der Waals surface area contributed by atoms with E-state index in [9.17, 15) is 0 Å². The standard InChI is InChI=1S/C22H30N6O/c1-2-23-22(25-18-21-27-26-20-12-6-8-15-28(20)21)24-14-7-9-16-29-17-13-19-10-4-3-5-11-19/h3-6,8,10-12,15H,2,7,9,13-14,16-18H2,1H3,(H2,23,24,25). The Bertz CT molecular complexity index is 877. The zero-order valence-electron chi connectivity index (χ0n) is 17.1. The lowest BCUT2D eigenvalue weighted by Crippen LogP contribution is -2.37. The van der Waals surface area contributed by atoms with Gasteiger partial charge in [0.2, 0.25) is 0 Å². The van der Waals surface area contributed by atoms with Crippen molar-refractivity contribution < 1.29 is 4.74 Å². The highest BCUT2D eigenvalue weighted by Crippen LogP contribution is 2.04. The molecule has 2 aromatic heterocycles. The van der Waals surface area contributed by atoms with Crippen molar-refractivity contribution >= 4 is 11.6 Å². The van der Waals surface area contributed by atoms with E-state index in [2.05, 4.69) is 57.0 Å². The number of hydrogen-bond acceptors (Lipinski definition) is 4. The van der Waals surface area contributed by atoms with Gasteiger partial charge >= 0.3 is 0 Å². The Morgan fingerprint density at radius 3 is 2.72 bits per heavy atom. The molecule has 0 bridgehead atoms. The van der Waals surface area contributed by atoms with Crippen molar-refractivity contribution in [2.75, 3.05) is 26.3 Å². The van der Waals surface area contributed by atoms with Crippen molar-refractivity contribution in [3.63, 3.8) is 0 Å². The molecule has 29 heavy (non-hydrogen) atoms. The van der Waals surface area contributed by atoms with Crippen LogP contribution in [0, 0.1) is 0 Å². The lowest BCUT2D eigenvalue weighted by atomic mass is 10.2. The summed E-state index contributed by atoms with van der Waals surface area (Å²) in [6, 6.07) is 16.3. The van der Waals surface area contributed by atoms with E-state index in [0.717, 1.165) is 63.0 Å². The fraction of sp³-hybridized carbons (Fsp3) is 0.409. The molecule has 0 atom stereocenters. The van der Waals surface area contributed by atoms with E-state index in [-0.39, 0.29) is 0 Å². The van der Waals surface area contributed by atoms with Gasteiger partial charge in [-0.05, 0) is 43.9 Å². The second-order valence-electron chi connectivity index (χ2n) is 6.72. The Morgan fingerprint density at radius 1 is 1.00 bits per heavy atom. The first kappa shape index (κ1) is 20.8. The zero-order chi connectivity index (χ0) is 20.2. The maximum Gasteiger partial charge on any atom is 0.191 e. The third kappa shape index (κ3) is 6.87. The first-order valence-corrected chi connectivity index (χ1v) is 10.3. The number of ether oxygens (including phenoxy) is 1. The van der Waals surface area contributed by atoms with Crippen LogP contribution in [0.3, 0.4) is 0 Å². The van der Waals surface area contributed by atoms with Crippen LogP contribution in [0.25, 0.3) is 5.65 Å². The number of aromatic nitrogens is 3. The molecule has 0 aliphatic heterocycles. The number of rotatable bonds is 11. The van der Waals surface area contributed by atoms with Crippen molar-refractivity contribution in [2.24, 2.45) is 4.99 Å². The molecular weight excluding hydrogens is 364 g/mol. The molecule has 0 radical (unpaired) electrons. The van der Waals surface area contributed by atoms with E-state index in [4.69, 9.17) is 4.74 Å². The van der Waals surface area contributed by atoms with Gasteiger partial charge in [-0.3, -0.25) is 4.40 Å². The van der Waals surface area contributed by atoms with E-state index in [0.29, 0.717) is 6.54 Å². The Hall–Kier alpha value is -2.93. The lowest BCUT2D eigenvalue weighted by Gasteiger charge is -2.11. The quantitative estimate of drug-likeness (QED) is 0.297. The predicted octanol–water partition coefficient (Wildman–Crippen LogP) is 2.82. The van der Waals surface area contributed by atoms with Gasteiger partial charge in [-0.2, -0.15) is 0 Å². The second-order valence-corrected chi connectivity index (χ2v) is 6.72. The molecule has 7 nitrogen and oxygen atoms in total. The molecule has 2 N–H and O–H groups in total. The number of benzene rings is 1. The van der Waals surface area contributed by atoms with E-state index >= 15 is 0 Å². The van der Waals surface area contributed by atoms with Crippen molar-refractivity contribution in [3.05, 3.63) is 66.1 Å². The van der Waals surface area contributed by atoms with E-state index in [1.54, 1.807) is 0 Å². The number of hydrogen-bond donors (Lipinski definition) is 2. The van der Waals surface area contributed by atoms with Crippen LogP contribution in [-0.2, 0) is 17.7 Å². The average Bonchev–Trinajstić information content (AvgIpc) is 3.17. The number of pyridine rings is 1. The summed E-state index contributed by atoms with van der Waals surface area (Å²) in [5.74, 6) is 1.62. The van der Waals surface area contributed by atoms with Crippen LogP contribution in [0.2, 0.25) is 0 Å². The van der Waals surface area contributed by atoms with Gasteiger partial charge in [-0.15, -0.1) is 10.2 Å². The first-order chi connectivity index (χ1) is 14.4. The minimum absolute atomic E-state index is 0.475. The number of guanidine groups is 1. The van der Waals surface area contributed by atoms with Gasteiger partial charge in [0.15, 0.2) is 17.4 Å². The Morgan fingerprint density at radius 2 is 1.86 bits per heavy atom. The van der Waals surface area contributed by atoms with Crippen LogP contribution in [0.1, 0.15) is 31.2 Å². The van der Waals surface area contributed by atoms with E-state index in [1.165, 1.54) is 5.56 Å². The van der Waals surface area contributed by atoms with Crippen LogP contribution in [0.4, 0.5) is 0 Å².